The summed E-state index contributed by atoms with van der Waals surface area (Å²) in [4.78, 5) is 14.3. The van der Waals surface area contributed by atoms with Gasteiger partial charge in [-0.15, -0.1) is 12.4 Å². The minimum absolute atomic E-state index is 0. The van der Waals surface area contributed by atoms with Crippen LogP contribution in [0.5, 0.6) is 0 Å². The second-order valence-corrected chi connectivity index (χ2v) is 2.48. The summed E-state index contributed by atoms with van der Waals surface area (Å²) in [5.74, 6) is -0.975. The Bertz CT molecular complexity index is 279. The molecule has 0 unspecified atom stereocenters. The molecular formula is C8H10ClNO2. The van der Waals surface area contributed by atoms with E-state index in [4.69, 9.17) is 5.11 Å². The molecule has 0 aliphatic rings. The van der Waals surface area contributed by atoms with Gasteiger partial charge in [0.25, 0.3) is 0 Å². The lowest BCUT2D eigenvalue weighted by Crippen LogP contribution is -2.01. The molecule has 1 aromatic heterocycles. The zero-order valence-electron chi connectivity index (χ0n) is 6.87. The van der Waals surface area contributed by atoms with Crippen LogP contribution in [0.2, 0.25) is 0 Å². The molecule has 0 atom stereocenters. The number of aryl methyl sites for hydroxylation is 2. The smallest absolute Gasteiger partial charge is 0.354 e. The molecule has 0 bridgehead atoms. The van der Waals surface area contributed by atoms with Crippen LogP contribution < -0.4 is 0 Å². The number of rotatable bonds is 1. The number of aromatic nitrogens is 1. The molecule has 0 fully saturated rings. The molecule has 12 heavy (non-hydrogen) atoms. The van der Waals surface area contributed by atoms with E-state index in [1.807, 2.05) is 13.0 Å². The summed E-state index contributed by atoms with van der Waals surface area (Å²) in [7, 11) is 0. The van der Waals surface area contributed by atoms with Crippen LogP contribution in [0, 0.1) is 13.8 Å². The molecule has 0 aliphatic carbocycles. The average molecular weight is 188 g/mol. The molecule has 0 aliphatic heterocycles. The molecule has 66 valence electrons. The molecule has 0 amide bonds. The van der Waals surface area contributed by atoms with E-state index < -0.39 is 5.97 Å². The van der Waals surface area contributed by atoms with E-state index in [9.17, 15) is 4.79 Å². The van der Waals surface area contributed by atoms with Gasteiger partial charge in [0.05, 0.1) is 0 Å². The van der Waals surface area contributed by atoms with Crippen molar-refractivity contribution in [3.8, 4) is 0 Å². The Hall–Kier alpha value is -1.09. The number of hydrogen-bond donors (Lipinski definition) is 1. The van der Waals surface area contributed by atoms with Crippen molar-refractivity contribution in [2.75, 3.05) is 0 Å². The van der Waals surface area contributed by atoms with Crippen molar-refractivity contribution in [1.29, 1.82) is 0 Å². The zero-order valence-corrected chi connectivity index (χ0v) is 7.68. The third kappa shape index (κ3) is 2.51. The zero-order chi connectivity index (χ0) is 8.43. The van der Waals surface area contributed by atoms with Gasteiger partial charge in [0.15, 0.2) is 0 Å². The molecule has 0 saturated carbocycles. The lowest BCUT2D eigenvalue weighted by Gasteiger charge is -1.97. The summed E-state index contributed by atoms with van der Waals surface area (Å²) in [6.07, 6.45) is 0. The standard InChI is InChI=1S/C8H9NO2.ClH/c1-5-3-6(2)9-7(4-5)8(10)11;/h3-4H,1-2H3,(H,10,11);1H. The Kier molecular flexibility index (Phi) is 3.70. The summed E-state index contributed by atoms with van der Waals surface area (Å²) in [6.45, 7) is 3.63. The fourth-order valence-electron chi connectivity index (χ4n) is 0.951. The highest BCUT2D eigenvalue weighted by Crippen LogP contribution is 2.03. The van der Waals surface area contributed by atoms with Gasteiger partial charge in [0.2, 0.25) is 0 Å². The number of carboxylic acids is 1. The van der Waals surface area contributed by atoms with Gasteiger partial charge >= 0.3 is 5.97 Å². The van der Waals surface area contributed by atoms with Gasteiger partial charge in [0.1, 0.15) is 5.69 Å². The van der Waals surface area contributed by atoms with Crippen LogP contribution in [0.4, 0.5) is 0 Å². The van der Waals surface area contributed by atoms with Crippen molar-refractivity contribution in [2.24, 2.45) is 0 Å². The normalized spacial score (nSPS) is 8.83. The molecule has 1 rings (SSSR count). The molecule has 3 nitrogen and oxygen atoms in total. The van der Waals surface area contributed by atoms with E-state index in [1.54, 1.807) is 13.0 Å². The number of pyridine rings is 1. The van der Waals surface area contributed by atoms with E-state index >= 15 is 0 Å². The van der Waals surface area contributed by atoms with Crippen LogP contribution in [0.3, 0.4) is 0 Å². The van der Waals surface area contributed by atoms with Gasteiger partial charge in [-0.25, -0.2) is 9.78 Å². The van der Waals surface area contributed by atoms with Gasteiger partial charge in [-0.3, -0.25) is 0 Å². The first kappa shape index (κ1) is 10.9. The molecule has 1 aromatic rings. The molecule has 1 N–H and O–H groups in total. The fourth-order valence-corrected chi connectivity index (χ4v) is 0.951. The highest BCUT2D eigenvalue weighted by atomic mass is 35.5. The molecule has 0 radical (unpaired) electrons. The number of aromatic carboxylic acids is 1. The highest BCUT2D eigenvalue weighted by Gasteiger charge is 2.04. The minimum atomic E-state index is -0.975. The predicted molar refractivity (Wildman–Crippen MR) is 47.9 cm³/mol. The Morgan fingerprint density at radius 3 is 2.42 bits per heavy atom. The largest absolute Gasteiger partial charge is 0.477 e. The van der Waals surface area contributed by atoms with Crippen molar-refractivity contribution in [2.45, 2.75) is 13.8 Å². The summed E-state index contributed by atoms with van der Waals surface area (Å²) >= 11 is 0. The maximum Gasteiger partial charge on any atom is 0.354 e. The van der Waals surface area contributed by atoms with Crippen LogP contribution in [0.25, 0.3) is 0 Å². The maximum absolute atomic E-state index is 10.4. The number of carbonyl (C=O) groups is 1. The first-order valence-electron chi connectivity index (χ1n) is 3.28. The Morgan fingerprint density at radius 1 is 1.42 bits per heavy atom. The minimum Gasteiger partial charge on any atom is -0.477 e. The van der Waals surface area contributed by atoms with Gasteiger partial charge in [0, 0.05) is 5.69 Å². The van der Waals surface area contributed by atoms with Gasteiger partial charge in [-0.1, -0.05) is 0 Å². The summed E-state index contributed by atoms with van der Waals surface area (Å²) in [5.41, 5.74) is 1.78. The van der Waals surface area contributed by atoms with E-state index in [2.05, 4.69) is 4.98 Å². The first-order chi connectivity index (χ1) is 5.09. The Morgan fingerprint density at radius 2 is 2.00 bits per heavy atom. The lowest BCUT2D eigenvalue weighted by atomic mass is 10.2. The van der Waals surface area contributed by atoms with Crippen molar-refractivity contribution < 1.29 is 9.90 Å². The Balaban J connectivity index is 0.00000121. The van der Waals surface area contributed by atoms with Crippen molar-refractivity contribution in [3.63, 3.8) is 0 Å². The molecule has 0 saturated heterocycles. The lowest BCUT2D eigenvalue weighted by molar-refractivity contribution is 0.0690. The highest BCUT2D eigenvalue weighted by molar-refractivity contribution is 5.85. The summed E-state index contributed by atoms with van der Waals surface area (Å²) < 4.78 is 0. The third-order valence-corrected chi connectivity index (χ3v) is 1.32. The molecule has 0 spiro atoms. The Labute approximate surface area is 76.9 Å². The molecule has 4 heteroatoms. The second kappa shape index (κ2) is 4.07. The van der Waals surface area contributed by atoms with Crippen LogP contribution in [0.15, 0.2) is 12.1 Å². The van der Waals surface area contributed by atoms with Crippen LogP contribution >= 0.6 is 12.4 Å². The number of hydrogen-bond acceptors (Lipinski definition) is 2. The molecular weight excluding hydrogens is 178 g/mol. The van der Waals surface area contributed by atoms with Crippen molar-refractivity contribution in [3.05, 3.63) is 29.1 Å². The SMILES string of the molecule is Cc1cc(C)nc(C(=O)O)c1.Cl. The molecule has 1 heterocycles. The number of halogens is 1. The van der Waals surface area contributed by atoms with E-state index in [0.717, 1.165) is 11.3 Å². The average Bonchev–Trinajstić information content (AvgIpc) is 1.85. The number of carboxylic acid groups (broad SMARTS) is 1. The van der Waals surface area contributed by atoms with Crippen LogP contribution in [0.1, 0.15) is 21.7 Å². The van der Waals surface area contributed by atoms with Gasteiger partial charge < -0.3 is 5.11 Å². The molecule has 0 aromatic carbocycles. The van der Waals surface area contributed by atoms with E-state index in [0.29, 0.717) is 0 Å². The fraction of sp³-hybridized carbons (Fsp3) is 0.250. The summed E-state index contributed by atoms with van der Waals surface area (Å²) in [5, 5.41) is 8.57. The van der Waals surface area contributed by atoms with E-state index in [-0.39, 0.29) is 18.1 Å². The number of nitrogens with zero attached hydrogens (tertiary/aromatic N) is 1. The van der Waals surface area contributed by atoms with Crippen molar-refractivity contribution >= 4 is 18.4 Å². The predicted octanol–water partition coefficient (Wildman–Crippen LogP) is 1.82. The topological polar surface area (TPSA) is 50.2 Å². The quantitative estimate of drug-likeness (QED) is 0.730. The van der Waals surface area contributed by atoms with E-state index in [1.165, 1.54) is 0 Å². The second-order valence-electron chi connectivity index (χ2n) is 2.48. The third-order valence-electron chi connectivity index (χ3n) is 1.32. The van der Waals surface area contributed by atoms with Gasteiger partial charge in [-0.2, -0.15) is 0 Å². The van der Waals surface area contributed by atoms with Crippen LogP contribution in [-0.4, -0.2) is 16.1 Å². The van der Waals surface area contributed by atoms with Crippen LogP contribution in [-0.2, 0) is 0 Å². The van der Waals surface area contributed by atoms with Gasteiger partial charge in [-0.05, 0) is 31.5 Å². The van der Waals surface area contributed by atoms with Crippen molar-refractivity contribution in [1.82, 2.24) is 4.98 Å². The first-order valence-corrected chi connectivity index (χ1v) is 3.28. The monoisotopic (exact) mass is 187 g/mol. The summed E-state index contributed by atoms with van der Waals surface area (Å²) in [6, 6.07) is 3.39. The maximum atomic E-state index is 10.4.